The van der Waals surface area contributed by atoms with Gasteiger partial charge in [0.25, 0.3) is 15.9 Å². The molecule has 39 heavy (non-hydrogen) atoms. The van der Waals surface area contributed by atoms with Gasteiger partial charge in [0.2, 0.25) is 0 Å². The lowest BCUT2D eigenvalue weighted by molar-refractivity contribution is 0.103. The Bertz CT molecular complexity index is 1750. The summed E-state index contributed by atoms with van der Waals surface area (Å²) in [5.74, 6) is 1.77. The van der Waals surface area contributed by atoms with Crippen molar-refractivity contribution < 1.29 is 22.7 Å². The number of sulfonamides is 1. The summed E-state index contributed by atoms with van der Waals surface area (Å²) in [6, 6.07) is 28.5. The van der Waals surface area contributed by atoms with Gasteiger partial charge < -0.3 is 14.8 Å². The van der Waals surface area contributed by atoms with Crippen LogP contribution in [0.2, 0.25) is 0 Å². The summed E-state index contributed by atoms with van der Waals surface area (Å²) in [7, 11) is -0.729. The number of ether oxygens (including phenoxy) is 2. The third kappa shape index (κ3) is 5.59. The molecule has 1 N–H and O–H groups in total. The molecule has 198 valence electrons. The summed E-state index contributed by atoms with van der Waals surface area (Å²) in [5.41, 5.74) is 1.86. The Kier molecular flexibility index (Phi) is 7.28. The molecular weight excluding hydrogens is 532 g/mol. The number of thiophene rings is 1. The monoisotopic (exact) mass is 558 g/mol. The fourth-order valence-corrected chi connectivity index (χ4v) is 6.28. The molecule has 0 aliphatic rings. The molecule has 5 rings (SSSR count). The van der Waals surface area contributed by atoms with Gasteiger partial charge in [0.05, 0.1) is 22.6 Å². The summed E-state index contributed by atoms with van der Waals surface area (Å²) in [4.78, 5) is 13.7. The Morgan fingerprint density at radius 3 is 2.28 bits per heavy atom. The molecule has 5 aromatic rings. The number of carbonyl (C=O) groups is 1. The molecule has 9 heteroatoms. The number of amides is 1. The maximum atomic E-state index is 13.3. The number of carbonyl (C=O) groups excluding carboxylic acids is 1. The zero-order valence-corrected chi connectivity index (χ0v) is 23.2. The Hall–Kier alpha value is -4.34. The predicted octanol–water partition coefficient (Wildman–Crippen LogP) is 7.09. The van der Waals surface area contributed by atoms with E-state index in [2.05, 4.69) is 5.32 Å². The number of hydrogen-bond acceptors (Lipinski definition) is 6. The molecule has 7 nitrogen and oxygen atoms in total. The quantitative estimate of drug-likeness (QED) is 0.220. The van der Waals surface area contributed by atoms with E-state index < -0.39 is 10.0 Å². The highest BCUT2D eigenvalue weighted by atomic mass is 32.2. The molecule has 1 heterocycles. The van der Waals surface area contributed by atoms with Crippen LogP contribution in [0.1, 0.15) is 15.2 Å². The Morgan fingerprint density at radius 1 is 0.872 bits per heavy atom. The van der Waals surface area contributed by atoms with E-state index in [1.807, 2.05) is 36.4 Å². The molecule has 0 radical (unpaired) electrons. The number of rotatable bonds is 8. The average Bonchev–Trinajstić information content (AvgIpc) is 3.38. The first-order valence-corrected chi connectivity index (χ1v) is 14.3. The first-order chi connectivity index (χ1) is 18.7. The molecule has 0 atom stereocenters. The molecule has 0 fully saturated rings. The smallest absolute Gasteiger partial charge is 0.265 e. The summed E-state index contributed by atoms with van der Waals surface area (Å²) in [6.45, 7) is 1.80. The first kappa shape index (κ1) is 26.3. The summed E-state index contributed by atoms with van der Waals surface area (Å²) in [6.07, 6.45) is 0. The van der Waals surface area contributed by atoms with Crippen molar-refractivity contribution in [2.24, 2.45) is 0 Å². The van der Waals surface area contributed by atoms with E-state index in [1.165, 1.54) is 28.8 Å². The molecule has 1 aromatic heterocycles. The van der Waals surface area contributed by atoms with E-state index in [9.17, 15) is 13.2 Å². The van der Waals surface area contributed by atoms with E-state index in [0.29, 0.717) is 27.8 Å². The molecule has 0 saturated heterocycles. The Morgan fingerprint density at radius 2 is 1.59 bits per heavy atom. The van der Waals surface area contributed by atoms with Gasteiger partial charge in [-0.1, -0.05) is 18.2 Å². The predicted molar refractivity (Wildman–Crippen MR) is 156 cm³/mol. The van der Waals surface area contributed by atoms with E-state index in [-0.39, 0.29) is 10.8 Å². The van der Waals surface area contributed by atoms with Gasteiger partial charge in [-0.05, 0) is 96.7 Å². The number of para-hydroxylation sites is 1. The van der Waals surface area contributed by atoms with Gasteiger partial charge >= 0.3 is 0 Å². The van der Waals surface area contributed by atoms with E-state index >= 15 is 0 Å². The fourth-order valence-electron chi connectivity index (χ4n) is 4.07. The SMILES string of the molecule is COc1ccc(S(=O)(=O)N(C)c2ccc3sc(C(=O)Nc4ccc(Oc5ccccc5)cc4)cc3c2)cc1C. The zero-order chi connectivity index (χ0) is 27.6. The average molecular weight is 559 g/mol. The largest absolute Gasteiger partial charge is 0.496 e. The van der Waals surface area contributed by atoms with Crippen molar-refractivity contribution in [2.45, 2.75) is 11.8 Å². The van der Waals surface area contributed by atoms with Gasteiger partial charge in [0.1, 0.15) is 17.2 Å². The van der Waals surface area contributed by atoms with Gasteiger partial charge in [-0.3, -0.25) is 9.10 Å². The second kappa shape index (κ2) is 10.8. The molecule has 0 spiro atoms. The van der Waals surface area contributed by atoms with E-state index in [1.54, 1.807) is 68.6 Å². The van der Waals surface area contributed by atoms with Crippen molar-refractivity contribution in [3.63, 3.8) is 0 Å². The van der Waals surface area contributed by atoms with Crippen LogP contribution in [0.15, 0.2) is 102 Å². The summed E-state index contributed by atoms with van der Waals surface area (Å²) >= 11 is 1.34. The van der Waals surface area contributed by atoms with Crippen molar-refractivity contribution in [2.75, 3.05) is 23.8 Å². The first-order valence-electron chi connectivity index (χ1n) is 12.1. The zero-order valence-electron chi connectivity index (χ0n) is 21.5. The molecule has 0 aliphatic heterocycles. The summed E-state index contributed by atoms with van der Waals surface area (Å²) < 4.78 is 39.7. The second-order valence-electron chi connectivity index (χ2n) is 8.83. The molecule has 0 bridgehead atoms. The van der Waals surface area contributed by atoms with Crippen LogP contribution in [0.5, 0.6) is 17.2 Å². The third-order valence-electron chi connectivity index (χ3n) is 6.20. The van der Waals surface area contributed by atoms with E-state index in [4.69, 9.17) is 9.47 Å². The Labute approximate surface area is 231 Å². The number of fused-ring (bicyclic) bond motifs is 1. The van der Waals surface area contributed by atoms with Crippen LogP contribution in [0.4, 0.5) is 11.4 Å². The number of nitrogens with zero attached hydrogens (tertiary/aromatic N) is 1. The molecule has 4 aromatic carbocycles. The third-order valence-corrected chi connectivity index (χ3v) is 9.10. The van der Waals surface area contributed by atoms with Crippen molar-refractivity contribution in [1.29, 1.82) is 0 Å². The minimum atomic E-state index is -3.79. The fraction of sp³-hybridized carbons (Fsp3) is 0.100. The van der Waals surface area contributed by atoms with Gasteiger partial charge in [-0.2, -0.15) is 0 Å². The second-order valence-corrected chi connectivity index (χ2v) is 11.9. The number of nitrogens with one attached hydrogen (secondary N) is 1. The highest BCUT2D eigenvalue weighted by molar-refractivity contribution is 7.92. The lowest BCUT2D eigenvalue weighted by Crippen LogP contribution is -2.26. The van der Waals surface area contributed by atoms with Crippen LogP contribution >= 0.6 is 11.3 Å². The molecule has 0 aliphatic carbocycles. The van der Waals surface area contributed by atoms with Crippen LogP contribution < -0.4 is 19.1 Å². The van der Waals surface area contributed by atoms with Crippen molar-refractivity contribution in [3.8, 4) is 17.2 Å². The highest BCUT2D eigenvalue weighted by Gasteiger charge is 2.23. The highest BCUT2D eigenvalue weighted by Crippen LogP contribution is 2.32. The maximum Gasteiger partial charge on any atom is 0.265 e. The summed E-state index contributed by atoms with van der Waals surface area (Å²) in [5, 5.41) is 3.69. The van der Waals surface area contributed by atoms with Crippen LogP contribution in [0, 0.1) is 6.92 Å². The van der Waals surface area contributed by atoms with Crippen LogP contribution in [-0.4, -0.2) is 28.5 Å². The standard InChI is InChI=1S/C30H26N2O5S2/c1-20-17-26(14-15-27(20)36-3)39(34,35)32(2)23-11-16-28-21(18-23)19-29(38-28)30(33)31-22-9-12-25(13-10-22)37-24-7-5-4-6-8-24/h4-19H,1-3H3,(H,31,33). The van der Waals surface area contributed by atoms with Gasteiger partial charge in [-0.25, -0.2) is 8.42 Å². The van der Waals surface area contributed by atoms with Gasteiger partial charge in [0.15, 0.2) is 0 Å². The minimum Gasteiger partial charge on any atom is -0.496 e. The maximum absolute atomic E-state index is 13.3. The normalized spacial score (nSPS) is 11.3. The Balaban J connectivity index is 1.31. The lowest BCUT2D eigenvalue weighted by Gasteiger charge is -2.20. The van der Waals surface area contributed by atoms with Crippen LogP contribution in [-0.2, 0) is 10.0 Å². The lowest BCUT2D eigenvalue weighted by atomic mass is 10.2. The molecule has 1 amide bonds. The molecular formula is C30H26N2O5S2. The number of hydrogen-bond donors (Lipinski definition) is 1. The van der Waals surface area contributed by atoms with Crippen LogP contribution in [0.25, 0.3) is 10.1 Å². The van der Waals surface area contributed by atoms with E-state index in [0.717, 1.165) is 21.4 Å². The number of aryl methyl sites for hydroxylation is 1. The van der Waals surface area contributed by atoms with Gasteiger partial charge in [-0.15, -0.1) is 11.3 Å². The molecule has 0 unspecified atom stereocenters. The van der Waals surface area contributed by atoms with Crippen molar-refractivity contribution in [3.05, 3.63) is 108 Å². The minimum absolute atomic E-state index is 0.175. The molecule has 0 saturated carbocycles. The van der Waals surface area contributed by atoms with Gasteiger partial charge in [0, 0.05) is 17.4 Å². The number of methoxy groups -OCH3 is 1. The van der Waals surface area contributed by atoms with Crippen LogP contribution in [0.3, 0.4) is 0 Å². The number of benzene rings is 4. The van der Waals surface area contributed by atoms with Crippen molar-refractivity contribution >= 4 is 48.7 Å². The number of anilines is 2. The van der Waals surface area contributed by atoms with Crippen molar-refractivity contribution in [1.82, 2.24) is 0 Å². The topological polar surface area (TPSA) is 84.9 Å².